The third-order valence-electron chi connectivity index (χ3n) is 3.37. The van der Waals surface area contributed by atoms with Crippen molar-refractivity contribution < 1.29 is 14.3 Å². The zero-order valence-corrected chi connectivity index (χ0v) is 13.6. The standard InChI is InChI=1S/C19H18N2O3/c1-14(2)21(17-9-4-3-5-10-17)18(22)13-24-19(23)16-8-6-7-15(11-16)12-20/h3-11,14H,13H2,1-2H3. The van der Waals surface area contributed by atoms with Crippen LogP contribution in [0.2, 0.25) is 0 Å². The lowest BCUT2D eigenvalue weighted by atomic mass is 10.1. The second kappa shape index (κ2) is 7.93. The third kappa shape index (κ3) is 4.20. The SMILES string of the molecule is CC(C)N(C(=O)COC(=O)c1cccc(C#N)c1)c1ccccc1. The zero-order chi connectivity index (χ0) is 17.5. The largest absolute Gasteiger partial charge is 0.452 e. The number of hydrogen-bond donors (Lipinski definition) is 0. The number of nitriles is 1. The van der Waals surface area contributed by atoms with Crippen LogP contribution in [-0.2, 0) is 9.53 Å². The summed E-state index contributed by atoms with van der Waals surface area (Å²) in [5.74, 6) is -0.932. The quantitative estimate of drug-likeness (QED) is 0.793. The summed E-state index contributed by atoms with van der Waals surface area (Å²) in [6.07, 6.45) is 0. The molecular weight excluding hydrogens is 304 g/mol. The van der Waals surface area contributed by atoms with E-state index in [-0.39, 0.29) is 24.1 Å². The van der Waals surface area contributed by atoms with E-state index in [1.54, 1.807) is 23.1 Å². The van der Waals surface area contributed by atoms with E-state index in [4.69, 9.17) is 10.00 Å². The number of rotatable bonds is 5. The van der Waals surface area contributed by atoms with E-state index in [1.807, 2.05) is 50.2 Å². The number of para-hydroxylation sites is 1. The molecule has 0 saturated heterocycles. The summed E-state index contributed by atoms with van der Waals surface area (Å²) in [7, 11) is 0. The monoisotopic (exact) mass is 322 g/mol. The van der Waals surface area contributed by atoms with E-state index in [0.717, 1.165) is 5.69 Å². The summed E-state index contributed by atoms with van der Waals surface area (Å²) in [6, 6.07) is 17.3. The summed E-state index contributed by atoms with van der Waals surface area (Å²) in [6.45, 7) is 3.43. The molecule has 0 radical (unpaired) electrons. The summed E-state index contributed by atoms with van der Waals surface area (Å²) < 4.78 is 5.10. The lowest BCUT2D eigenvalue weighted by Gasteiger charge is -2.26. The van der Waals surface area contributed by atoms with Crippen LogP contribution in [0.4, 0.5) is 5.69 Å². The fraction of sp³-hybridized carbons (Fsp3) is 0.211. The fourth-order valence-corrected chi connectivity index (χ4v) is 2.31. The highest BCUT2D eigenvalue weighted by molar-refractivity contribution is 5.97. The maximum absolute atomic E-state index is 12.4. The minimum absolute atomic E-state index is 0.0690. The van der Waals surface area contributed by atoms with Gasteiger partial charge in [-0.3, -0.25) is 4.79 Å². The molecule has 0 fully saturated rings. The molecule has 2 rings (SSSR count). The van der Waals surface area contributed by atoms with Crippen molar-refractivity contribution in [2.45, 2.75) is 19.9 Å². The molecule has 122 valence electrons. The minimum Gasteiger partial charge on any atom is -0.452 e. The van der Waals surface area contributed by atoms with Crippen molar-refractivity contribution in [2.24, 2.45) is 0 Å². The van der Waals surface area contributed by atoms with Gasteiger partial charge in [-0.2, -0.15) is 5.26 Å². The first kappa shape index (κ1) is 17.2. The van der Waals surface area contributed by atoms with Crippen molar-refractivity contribution in [1.82, 2.24) is 0 Å². The number of ether oxygens (including phenoxy) is 1. The Kier molecular flexibility index (Phi) is 5.69. The predicted molar refractivity (Wildman–Crippen MR) is 90.5 cm³/mol. The number of esters is 1. The lowest BCUT2D eigenvalue weighted by molar-refractivity contribution is -0.122. The van der Waals surface area contributed by atoms with Crippen molar-refractivity contribution >= 4 is 17.6 Å². The van der Waals surface area contributed by atoms with Gasteiger partial charge in [-0.1, -0.05) is 24.3 Å². The van der Waals surface area contributed by atoms with Gasteiger partial charge in [0, 0.05) is 11.7 Å². The second-order valence-corrected chi connectivity index (χ2v) is 5.46. The molecule has 0 saturated carbocycles. The van der Waals surface area contributed by atoms with Crippen molar-refractivity contribution in [3.05, 3.63) is 65.7 Å². The van der Waals surface area contributed by atoms with E-state index in [0.29, 0.717) is 5.56 Å². The number of hydrogen-bond acceptors (Lipinski definition) is 4. The van der Waals surface area contributed by atoms with Crippen molar-refractivity contribution in [3.63, 3.8) is 0 Å². The molecule has 0 spiro atoms. The molecule has 0 N–H and O–H groups in total. The molecule has 2 aromatic rings. The van der Waals surface area contributed by atoms with Gasteiger partial charge in [-0.05, 0) is 44.2 Å². The molecule has 1 amide bonds. The average molecular weight is 322 g/mol. The molecule has 0 aromatic heterocycles. The maximum atomic E-state index is 12.4. The summed E-state index contributed by atoms with van der Waals surface area (Å²) in [5, 5.41) is 8.86. The summed E-state index contributed by atoms with van der Waals surface area (Å²) in [4.78, 5) is 26.1. The van der Waals surface area contributed by atoms with Crippen LogP contribution < -0.4 is 4.90 Å². The van der Waals surface area contributed by atoms with Gasteiger partial charge in [0.1, 0.15) is 0 Å². The minimum atomic E-state index is -0.628. The Bertz CT molecular complexity index is 764. The number of carbonyl (C=O) groups excluding carboxylic acids is 2. The van der Waals surface area contributed by atoms with Gasteiger partial charge in [0.25, 0.3) is 5.91 Å². The van der Waals surface area contributed by atoms with Crippen molar-refractivity contribution in [2.75, 3.05) is 11.5 Å². The molecule has 0 aliphatic heterocycles. The van der Waals surface area contributed by atoms with Crippen molar-refractivity contribution in [3.8, 4) is 6.07 Å². The molecule has 0 atom stereocenters. The fourth-order valence-electron chi connectivity index (χ4n) is 2.31. The second-order valence-electron chi connectivity index (χ2n) is 5.46. The van der Waals surface area contributed by atoms with Gasteiger partial charge < -0.3 is 9.64 Å². The molecular formula is C19H18N2O3. The van der Waals surface area contributed by atoms with Gasteiger partial charge in [0.2, 0.25) is 0 Å². The first-order valence-corrected chi connectivity index (χ1v) is 7.57. The molecule has 5 nitrogen and oxygen atoms in total. The van der Waals surface area contributed by atoms with E-state index in [9.17, 15) is 9.59 Å². The van der Waals surface area contributed by atoms with Crippen LogP contribution in [0.5, 0.6) is 0 Å². The van der Waals surface area contributed by atoms with Crippen LogP contribution in [0.1, 0.15) is 29.8 Å². The number of nitrogens with zero attached hydrogens (tertiary/aromatic N) is 2. The highest BCUT2D eigenvalue weighted by Crippen LogP contribution is 2.17. The molecule has 0 bridgehead atoms. The third-order valence-corrected chi connectivity index (χ3v) is 3.37. The molecule has 0 unspecified atom stereocenters. The highest BCUT2D eigenvalue weighted by atomic mass is 16.5. The van der Waals surface area contributed by atoms with E-state index < -0.39 is 5.97 Å². The van der Waals surface area contributed by atoms with E-state index in [1.165, 1.54) is 6.07 Å². The normalized spacial score (nSPS) is 10.1. The molecule has 0 aliphatic carbocycles. The number of carbonyl (C=O) groups is 2. The smallest absolute Gasteiger partial charge is 0.338 e. The molecule has 2 aromatic carbocycles. The van der Waals surface area contributed by atoms with Gasteiger partial charge >= 0.3 is 5.97 Å². The van der Waals surface area contributed by atoms with Crippen LogP contribution in [0.3, 0.4) is 0 Å². The van der Waals surface area contributed by atoms with Crippen LogP contribution in [-0.4, -0.2) is 24.5 Å². The first-order chi connectivity index (χ1) is 11.5. The molecule has 24 heavy (non-hydrogen) atoms. The molecule has 0 aliphatic rings. The first-order valence-electron chi connectivity index (χ1n) is 7.57. The van der Waals surface area contributed by atoms with Crippen LogP contribution in [0.25, 0.3) is 0 Å². The highest BCUT2D eigenvalue weighted by Gasteiger charge is 2.20. The Hall–Kier alpha value is -3.13. The Labute approximate surface area is 141 Å². The average Bonchev–Trinajstić information content (AvgIpc) is 2.60. The topological polar surface area (TPSA) is 70.4 Å². The Morgan fingerprint density at radius 3 is 2.46 bits per heavy atom. The number of amides is 1. The zero-order valence-electron chi connectivity index (χ0n) is 13.6. The Morgan fingerprint density at radius 1 is 1.12 bits per heavy atom. The van der Waals surface area contributed by atoms with Crippen LogP contribution >= 0.6 is 0 Å². The predicted octanol–water partition coefficient (Wildman–Crippen LogP) is 3.16. The summed E-state index contributed by atoms with van der Waals surface area (Å²) >= 11 is 0. The summed E-state index contributed by atoms with van der Waals surface area (Å²) in [5.41, 5.74) is 1.36. The van der Waals surface area contributed by atoms with Gasteiger partial charge in [-0.15, -0.1) is 0 Å². The number of benzene rings is 2. The van der Waals surface area contributed by atoms with E-state index >= 15 is 0 Å². The van der Waals surface area contributed by atoms with Crippen LogP contribution in [0.15, 0.2) is 54.6 Å². The van der Waals surface area contributed by atoms with Crippen LogP contribution in [0, 0.1) is 11.3 Å². The van der Waals surface area contributed by atoms with Crippen molar-refractivity contribution in [1.29, 1.82) is 5.26 Å². The van der Waals surface area contributed by atoms with Gasteiger partial charge in [-0.25, -0.2) is 4.79 Å². The van der Waals surface area contributed by atoms with E-state index in [2.05, 4.69) is 0 Å². The maximum Gasteiger partial charge on any atom is 0.338 e. The van der Waals surface area contributed by atoms with Gasteiger partial charge in [0.05, 0.1) is 17.2 Å². The van der Waals surface area contributed by atoms with Gasteiger partial charge in [0.15, 0.2) is 6.61 Å². The Balaban J connectivity index is 2.05. The molecule has 0 heterocycles. The molecule has 5 heteroatoms. The number of anilines is 1. The Morgan fingerprint density at radius 2 is 1.83 bits per heavy atom. The lowest BCUT2D eigenvalue weighted by Crippen LogP contribution is -2.39.